The number of benzene rings is 1. The van der Waals surface area contributed by atoms with Crippen molar-refractivity contribution in [3.05, 3.63) is 58.2 Å². The summed E-state index contributed by atoms with van der Waals surface area (Å²) in [4.78, 5) is 28.2. The number of carbonyl (C=O) groups is 1. The van der Waals surface area contributed by atoms with Crippen molar-refractivity contribution < 1.29 is 23.1 Å². The Balaban J connectivity index is 1.33. The second-order valence-electron chi connectivity index (χ2n) is 8.67. The zero-order valence-electron chi connectivity index (χ0n) is 22.0. The Hall–Kier alpha value is -2.17. The van der Waals surface area contributed by atoms with E-state index in [4.69, 9.17) is 13.9 Å². The van der Waals surface area contributed by atoms with Gasteiger partial charge in [0.25, 0.3) is 0 Å². The van der Waals surface area contributed by atoms with Crippen LogP contribution in [0, 0.1) is 11.7 Å². The molecule has 0 amide bonds. The van der Waals surface area contributed by atoms with E-state index < -0.39 is 11.4 Å². The maximum atomic E-state index is 14.5. The molecule has 2 aromatic heterocycles. The lowest BCUT2D eigenvalue weighted by Gasteiger charge is -2.08. The van der Waals surface area contributed by atoms with Gasteiger partial charge in [-0.15, -0.1) is 0 Å². The summed E-state index contributed by atoms with van der Waals surface area (Å²) in [5, 5.41) is 0.604. The standard InChI is InChI=1S/C28H34FNO5S3/c1-4-20-5-7-22(24(29)17-20)23-18-21-6-8-25(30-26(21)35-28(23)32)33-9-11-36-13-15-38-16-14-37-12-10-34-27(31)19(2)3/h5-8,17-19H,4,9-16H2,1-3H3. The van der Waals surface area contributed by atoms with E-state index in [2.05, 4.69) is 4.98 Å². The third-order valence-electron chi connectivity index (χ3n) is 5.47. The summed E-state index contributed by atoms with van der Waals surface area (Å²) in [5.74, 6) is 5.62. The first kappa shape index (κ1) is 30.4. The Morgan fingerprint density at radius 1 is 0.947 bits per heavy atom. The van der Waals surface area contributed by atoms with Gasteiger partial charge in [-0.1, -0.05) is 32.9 Å². The molecule has 10 heteroatoms. The van der Waals surface area contributed by atoms with Crippen LogP contribution in [0.3, 0.4) is 0 Å². The van der Waals surface area contributed by atoms with Crippen LogP contribution in [-0.2, 0) is 16.0 Å². The lowest BCUT2D eigenvalue weighted by Crippen LogP contribution is -2.13. The van der Waals surface area contributed by atoms with Gasteiger partial charge in [0, 0.05) is 51.5 Å². The molecule has 0 N–H and O–H groups in total. The predicted octanol–water partition coefficient (Wildman–Crippen LogP) is 6.33. The number of aromatic nitrogens is 1. The minimum absolute atomic E-state index is 0.0685. The highest BCUT2D eigenvalue weighted by Crippen LogP contribution is 2.25. The summed E-state index contributed by atoms with van der Waals surface area (Å²) in [6.07, 6.45) is 0.716. The van der Waals surface area contributed by atoms with E-state index in [1.165, 1.54) is 6.07 Å². The van der Waals surface area contributed by atoms with Gasteiger partial charge < -0.3 is 13.9 Å². The summed E-state index contributed by atoms with van der Waals surface area (Å²) >= 11 is 5.53. The maximum absolute atomic E-state index is 14.5. The van der Waals surface area contributed by atoms with E-state index in [1.807, 2.05) is 50.4 Å². The van der Waals surface area contributed by atoms with Crippen LogP contribution < -0.4 is 10.4 Å². The molecule has 0 spiro atoms. The first-order chi connectivity index (χ1) is 18.4. The van der Waals surface area contributed by atoms with Crippen molar-refractivity contribution in [1.82, 2.24) is 4.98 Å². The topological polar surface area (TPSA) is 78.6 Å². The van der Waals surface area contributed by atoms with E-state index in [0.717, 1.165) is 40.1 Å². The molecule has 0 saturated carbocycles. The molecule has 38 heavy (non-hydrogen) atoms. The molecule has 0 saturated heterocycles. The molecule has 3 rings (SSSR count). The fraction of sp³-hybridized carbons (Fsp3) is 0.464. The van der Waals surface area contributed by atoms with Crippen LogP contribution in [0.2, 0.25) is 0 Å². The Morgan fingerprint density at radius 2 is 1.63 bits per heavy atom. The third kappa shape index (κ3) is 9.54. The smallest absolute Gasteiger partial charge is 0.345 e. The predicted molar refractivity (Wildman–Crippen MR) is 158 cm³/mol. The van der Waals surface area contributed by atoms with Crippen LogP contribution in [0.4, 0.5) is 4.39 Å². The van der Waals surface area contributed by atoms with Crippen molar-refractivity contribution in [1.29, 1.82) is 0 Å². The molecule has 1 aromatic carbocycles. The van der Waals surface area contributed by atoms with E-state index in [-0.39, 0.29) is 28.7 Å². The van der Waals surface area contributed by atoms with Crippen molar-refractivity contribution in [2.75, 3.05) is 47.7 Å². The molecule has 2 heterocycles. The van der Waals surface area contributed by atoms with Crippen molar-refractivity contribution >= 4 is 52.4 Å². The molecule has 0 bridgehead atoms. The van der Waals surface area contributed by atoms with Gasteiger partial charge in [0.05, 0.1) is 18.1 Å². The lowest BCUT2D eigenvalue weighted by molar-refractivity contribution is -0.146. The number of thioether (sulfide) groups is 3. The van der Waals surface area contributed by atoms with Crippen LogP contribution in [0.15, 0.2) is 45.6 Å². The third-order valence-corrected chi connectivity index (χ3v) is 8.87. The first-order valence-corrected chi connectivity index (χ1v) is 16.1. The summed E-state index contributed by atoms with van der Waals surface area (Å²) in [6, 6.07) is 9.96. The van der Waals surface area contributed by atoms with Gasteiger partial charge in [-0.3, -0.25) is 4.79 Å². The number of fused-ring (bicyclic) bond motifs is 1. The molecule has 0 aliphatic carbocycles. The molecule has 0 atom stereocenters. The second kappa shape index (κ2) is 16.1. The molecule has 0 aliphatic heterocycles. The highest BCUT2D eigenvalue weighted by molar-refractivity contribution is 8.04. The van der Waals surface area contributed by atoms with Gasteiger partial charge >= 0.3 is 11.6 Å². The quantitative estimate of drug-likeness (QED) is 0.143. The zero-order valence-corrected chi connectivity index (χ0v) is 24.4. The second-order valence-corrected chi connectivity index (χ2v) is 12.3. The van der Waals surface area contributed by atoms with Gasteiger partial charge in [0.2, 0.25) is 11.6 Å². The van der Waals surface area contributed by atoms with E-state index in [9.17, 15) is 14.0 Å². The molecular formula is C28H34FNO5S3. The van der Waals surface area contributed by atoms with Gasteiger partial charge in [-0.2, -0.15) is 40.3 Å². The van der Waals surface area contributed by atoms with E-state index >= 15 is 0 Å². The van der Waals surface area contributed by atoms with Crippen molar-refractivity contribution in [3.63, 3.8) is 0 Å². The van der Waals surface area contributed by atoms with Crippen molar-refractivity contribution in [3.8, 4) is 17.0 Å². The molecule has 6 nitrogen and oxygen atoms in total. The Kier molecular flexibility index (Phi) is 12.8. The SMILES string of the molecule is CCc1ccc(-c2cc3ccc(OCCSCCSCCSCCOC(=O)C(C)C)nc3oc2=O)c(F)c1. The lowest BCUT2D eigenvalue weighted by atomic mass is 10.0. The summed E-state index contributed by atoms with van der Waals surface area (Å²) in [6.45, 7) is 6.60. The maximum Gasteiger partial charge on any atom is 0.345 e. The van der Waals surface area contributed by atoms with E-state index in [0.29, 0.717) is 30.9 Å². The number of carbonyl (C=O) groups excluding carboxylic acids is 1. The normalized spacial score (nSPS) is 11.3. The monoisotopic (exact) mass is 579 g/mol. The number of nitrogens with zero attached hydrogens (tertiary/aromatic N) is 1. The fourth-order valence-corrected chi connectivity index (χ4v) is 6.26. The van der Waals surface area contributed by atoms with Gasteiger partial charge in [0.1, 0.15) is 12.4 Å². The van der Waals surface area contributed by atoms with Crippen LogP contribution in [0.1, 0.15) is 26.3 Å². The van der Waals surface area contributed by atoms with Gasteiger partial charge in [-0.25, -0.2) is 9.18 Å². The molecule has 0 aliphatic rings. The minimum Gasteiger partial charge on any atom is -0.477 e. The molecule has 3 aromatic rings. The summed E-state index contributed by atoms with van der Waals surface area (Å²) in [5.41, 5.74) is 0.795. The number of pyridine rings is 1. The number of hydrogen-bond acceptors (Lipinski definition) is 9. The van der Waals surface area contributed by atoms with Gasteiger partial charge in [0.15, 0.2) is 0 Å². The first-order valence-electron chi connectivity index (χ1n) is 12.7. The Bertz CT molecular complexity index is 1250. The molecule has 0 fully saturated rings. The zero-order chi connectivity index (χ0) is 27.3. The number of halogens is 1. The van der Waals surface area contributed by atoms with Crippen molar-refractivity contribution in [2.24, 2.45) is 5.92 Å². The molecular weight excluding hydrogens is 546 g/mol. The van der Waals surface area contributed by atoms with Crippen LogP contribution in [-0.4, -0.2) is 58.7 Å². The summed E-state index contributed by atoms with van der Waals surface area (Å²) in [7, 11) is 0. The average Bonchev–Trinajstić information content (AvgIpc) is 2.90. The number of aryl methyl sites for hydroxylation is 1. The van der Waals surface area contributed by atoms with Crippen LogP contribution in [0.5, 0.6) is 5.88 Å². The number of ether oxygens (including phenoxy) is 2. The number of hydrogen-bond donors (Lipinski definition) is 0. The Morgan fingerprint density at radius 3 is 2.29 bits per heavy atom. The van der Waals surface area contributed by atoms with Gasteiger partial charge in [-0.05, 0) is 30.2 Å². The highest BCUT2D eigenvalue weighted by Gasteiger charge is 2.14. The largest absolute Gasteiger partial charge is 0.477 e. The number of esters is 1. The average molecular weight is 580 g/mol. The number of rotatable bonds is 16. The van der Waals surface area contributed by atoms with Crippen LogP contribution in [0.25, 0.3) is 22.2 Å². The molecule has 0 unspecified atom stereocenters. The van der Waals surface area contributed by atoms with Crippen molar-refractivity contribution in [2.45, 2.75) is 27.2 Å². The highest BCUT2D eigenvalue weighted by atomic mass is 32.2. The molecule has 206 valence electrons. The minimum atomic E-state index is -0.633. The van der Waals surface area contributed by atoms with E-state index in [1.54, 1.807) is 36.0 Å². The van der Waals surface area contributed by atoms with Crippen LogP contribution >= 0.6 is 35.3 Å². The molecule has 0 radical (unpaired) electrons. The summed E-state index contributed by atoms with van der Waals surface area (Å²) < 4.78 is 30.8. The Labute approximate surface area is 235 Å². The fourth-order valence-electron chi connectivity index (χ4n) is 3.36.